The summed E-state index contributed by atoms with van der Waals surface area (Å²) in [6.07, 6.45) is 0. The summed E-state index contributed by atoms with van der Waals surface area (Å²) >= 11 is 0. The number of para-hydroxylation sites is 1. The van der Waals surface area contributed by atoms with Crippen LogP contribution in [0.5, 0.6) is 0 Å². The average molecular weight is 407 g/mol. The van der Waals surface area contributed by atoms with Crippen molar-refractivity contribution in [1.82, 2.24) is 10.4 Å². The Morgan fingerprint density at radius 2 is 1.77 bits per heavy atom. The third-order valence-electron chi connectivity index (χ3n) is 4.87. The molecule has 0 aromatic heterocycles. The molecular weight excluding hydrogens is 385 g/mol. The third kappa shape index (κ3) is 4.31. The lowest BCUT2D eigenvalue weighted by Crippen LogP contribution is -2.27. The topological polar surface area (TPSA) is 95.7 Å². The van der Waals surface area contributed by atoms with Crippen LogP contribution in [0, 0.1) is 12.7 Å². The summed E-state index contributed by atoms with van der Waals surface area (Å²) in [5.74, 6) is -1.29. The van der Waals surface area contributed by atoms with E-state index in [0.29, 0.717) is 27.9 Å². The molecule has 2 amide bonds. The van der Waals surface area contributed by atoms with E-state index in [4.69, 9.17) is 10.9 Å². The summed E-state index contributed by atoms with van der Waals surface area (Å²) in [7, 11) is 1.66. The van der Waals surface area contributed by atoms with Crippen LogP contribution in [0.25, 0.3) is 11.1 Å². The Morgan fingerprint density at radius 1 is 1.03 bits per heavy atom. The van der Waals surface area contributed by atoms with Gasteiger partial charge in [-0.15, -0.1) is 0 Å². The monoisotopic (exact) mass is 407 g/mol. The van der Waals surface area contributed by atoms with Crippen molar-refractivity contribution in [3.8, 4) is 11.1 Å². The summed E-state index contributed by atoms with van der Waals surface area (Å²) in [5.41, 5.74) is 11.2. The number of anilines is 1. The van der Waals surface area contributed by atoms with Crippen molar-refractivity contribution in [2.45, 2.75) is 13.5 Å². The van der Waals surface area contributed by atoms with Gasteiger partial charge in [0.25, 0.3) is 11.8 Å². The molecule has 0 aliphatic rings. The Labute approximate surface area is 173 Å². The van der Waals surface area contributed by atoms with Gasteiger partial charge in [-0.25, -0.2) is 9.87 Å². The van der Waals surface area contributed by atoms with Gasteiger partial charge in [-0.2, -0.15) is 0 Å². The quantitative estimate of drug-likeness (QED) is 0.341. The van der Waals surface area contributed by atoms with Gasteiger partial charge in [-0.1, -0.05) is 24.3 Å². The molecule has 0 bridgehead atoms. The summed E-state index contributed by atoms with van der Waals surface area (Å²) < 4.78 is 13.5. The molecule has 0 heterocycles. The molecule has 30 heavy (non-hydrogen) atoms. The van der Waals surface area contributed by atoms with Crippen molar-refractivity contribution in [3.05, 3.63) is 88.7 Å². The SMILES string of the molecule is Cc1cc(F)ccc1-c1cc(CN(C)C(=O)c2ccccc2N)ccc1C(=O)NO. The fourth-order valence-electron chi connectivity index (χ4n) is 3.34. The Hall–Kier alpha value is -3.71. The molecule has 0 saturated heterocycles. The standard InChI is InChI=1S/C23H22FN3O3/c1-14-11-16(24)8-10-17(14)20-12-15(7-9-18(20)22(28)26-30)13-27(2)23(29)19-5-3-4-6-21(19)25/h3-12,30H,13,25H2,1-2H3,(H,26,28). The van der Waals surface area contributed by atoms with Gasteiger partial charge in [0.2, 0.25) is 0 Å². The van der Waals surface area contributed by atoms with Crippen LogP contribution in [0.3, 0.4) is 0 Å². The van der Waals surface area contributed by atoms with Crippen LogP contribution in [-0.2, 0) is 6.54 Å². The molecule has 6 nitrogen and oxygen atoms in total. The van der Waals surface area contributed by atoms with E-state index < -0.39 is 5.91 Å². The predicted molar refractivity (Wildman–Crippen MR) is 112 cm³/mol. The smallest absolute Gasteiger partial charge is 0.275 e. The first kappa shape index (κ1) is 21.0. The van der Waals surface area contributed by atoms with E-state index in [1.54, 1.807) is 68.0 Å². The highest BCUT2D eigenvalue weighted by molar-refractivity contribution is 6.01. The molecule has 0 spiro atoms. The van der Waals surface area contributed by atoms with Crippen molar-refractivity contribution >= 4 is 17.5 Å². The molecule has 7 heteroatoms. The third-order valence-corrected chi connectivity index (χ3v) is 4.87. The van der Waals surface area contributed by atoms with Crippen LogP contribution < -0.4 is 11.2 Å². The Balaban J connectivity index is 1.97. The number of carbonyl (C=O) groups is 2. The first-order chi connectivity index (χ1) is 14.3. The highest BCUT2D eigenvalue weighted by atomic mass is 19.1. The van der Waals surface area contributed by atoms with Crippen LogP contribution in [0.2, 0.25) is 0 Å². The second-order valence-corrected chi connectivity index (χ2v) is 7.03. The zero-order valence-corrected chi connectivity index (χ0v) is 16.6. The number of nitrogens with two attached hydrogens (primary N) is 1. The maximum absolute atomic E-state index is 13.5. The first-order valence-electron chi connectivity index (χ1n) is 9.25. The molecule has 0 saturated carbocycles. The molecule has 0 radical (unpaired) electrons. The van der Waals surface area contributed by atoms with Crippen molar-refractivity contribution < 1.29 is 19.2 Å². The van der Waals surface area contributed by atoms with Gasteiger partial charge < -0.3 is 10.6 Å². The van der Waals surface area contributed by atoms with Crippen LogP contribution in [0.4, 0.5) is 10.1 Å². The average Bonchev–Trinajstić information content (AvgIpc) is 2.73. The number of halogens is 1. The van der Waals surface area contributed by atoms with E-state index in [2.05, 4.69) is 0 Å². The molecule has 3 aromatic carbocycles. The van der Waals surface area contributed by atoms with Crippen LogP contribution in [0.15, 0.2) is 60.7 Å². The van der Waals surface area contributed by atoms with Crippen molar-refractivity contribution in [2.75, 3.05) is 12.8 Å². The molecule has 3 rings (SSSR count). The van der Waals surface area contributed by atoms with Crippen LogP contribution in [-0.4, -0.2) is 29.0 Å². The number of nitrogen functional groups attached to an aromatic ring is 1. The Bertz CT molecular complexity index is 1110. The maximum Gasteiger partial charge on any atom is 0.275 e. The summed E-state index contributed by atoms with van der Waals surface area (Å²) in [5, 5.41) is 9.09. The van der Waals surface area contributed by atoms with Gasteiger partial charge in [0.1, 0.15) is 5.82 Å². The van der Waals surface area contributed by atoms with Crippen molar-refractivity contribution in [1.29, 1.82) is 0 Å². The second-order valence-electron chi connectivity index (χ2n) is 7.03. The van der Waals surface area contributed by atoms with Gasteiger partial charge in [0, 0.05) is 24.8 Å². The van der Waals surface area contributed by atoms with E-state index in [1.165, 1.54) is 17.0 Å². The lowest BCUT2D eigenvalue weighted by molar-refractivity contribution is 0.0706. The number of carbonyl (C=O) groups excluding carboxylic acids is 2. The first-order valence-corrected chi connectivity index (χ1v) is 9.25. The number of hydrogen-bond donors (Lipinski definition) is 3. The summed E-state index contributed by atoms with van der Waals surface area (Å²) in [6.45, 7) is 2.00. The number of amides is 2. The predicted octanol–water partition coefficient (Wildman–Crippen LogP) is 3.77. The van der Waals surface area contributed by atoms with E-state index in [0.717, 1.165) is 5.56 Å². The molecule has 0 atom stereocenters. The van der Waals surface area contributed by atoms with Gasteiger partial charge in [0.05, 0.1) is 5.56 Å². The molecule has 3 aromatic rings. The Kier molecular flexibility index (Phi) is 6.13. The number of rotatable bonds is 5. The molecule has 4 N–H and O–H groups in total. The fraction of sp³-hybridized carbons (Fsp3) is 0.130. The molecule has 0 unspecified atom stereocenters. The number of nitrogens with zero attached hydrogens (tertiary/aromatic N) is 1. The molecule has 154 valence electrons. The van der Waals surface area contributed by atoms with E-state index in [1.807, 2.05) is 0 Å². The van der Waals surface area contributed by atoms with Gasteiger partial charge >= 0.3 is 0 Å². The normalized spacial score (nSPS) is 10.5. The largest absolute Gasteiger partial charge is 0.398 e. The molecule has 0 fully saturated rings. The molecule has 0 aliphatic heterocycles. The molecule has 0 aliphatic carbocycles. The fourth-order valence-corrected chi connectivity index (χ4v) is 3.34. The van der Waals surface area contributed by atoms with E-state index in [9.17, 15) is 14.0 Å². The van der Waals surface area contributed by atoms with Gasteiger partial charge in [-0.05, 0) is 65.6 Å². The maximum atomic E-state index is 13.5. The van der Waals surface area contributed by atoms with Crippen molar-refractivity contribution in [3.63, 3.8) is 0 Å². The number of hydrogen-bond acceptors (Lipinski definition) is 4. The number of nitrogens with one attached hydrogen (secondary N) is 1. The zero-order valence-electron chi connectivity index (χ0n) is 16.6. The Morgan fingerprint density at radius 3 is 2.43 bits per heavy atom. The lowest BCUT2D eigenvalue weighted by atomic mass is 9.93. The van der Waals surface area contributed by atoms with Gasteiger partial charge in [0.15, 0.2) is 0 Å². The van der Waals surface area contributed by atoms with Crippen LogP contribution >= 0.6 is 0 Å². The van der Waals surface area contributed by atoms with E-state index in [-0.39, 0.29) is 23.8 Å². The highest BCUT2D eigenvalue weighted by Crippen LogP contribution is 2.29. The van der Waals surface area contributed by atoms with Crippen molar-refractivity contribution in [2.24, 2.45) is 0 Å². The minimum Gasteiger partial charge on any atom is -0.398 e. The summed E-state index contributed by atoms with van der Waals surface area (Å²) in [6, 6.07) is 16.1. The van der Waals surface area contributed by atoms with Crippen LogP contribution in [0.1, 0.15) is 31.8 Å². The van der Waals surface area contributed by atoms with E-state index >= 15 is 0 Å². The minimum absolute atomic E-state index is 0.232. The number of hydroxylamine groups is 1. The number of aryl methyl sites for hydroxylation is 1. The minimum atomic E-state index is -0.679. The summed E-state index contributed by atoms with van der Waals surface area (Å²) in [4.78, 5) is 26.4. The highest BCUT2D eigenvalue weighted by Gasteiger charge is 2.18. The molecular formula is C23H22FN3O3. The zero-order chi connectivity index (χ0) is 21.8. The van der Waals surface area contributed by atoms with Gasteiger partial charge in [-0.3, -0.25) is 14.8 Å². The lowest BCUT2D eigenvalue weighted by Gasteiger charge is -2.20. The second kappa shape index (κ2) is 8.75. The number of benzene rings is 3.